The molecule has 1 amide bonds. The predicted octanol–water partition coefficient (Wildman–Crippen LogP) is 3.23. The number of hydrogen-bond donors (Lipinski definition) is 1. The van der Waals surface area contributed by atoms with Crippen molar-refractivity contribution in [3.05, 3.63) is 27.7 Å². The number of benzene rings is 1. The standard InChI is InChI=1S/C15H23BrN2O2/c1-5-10(2)18(6-7-20-4)15(19)13-8-12(16)9-14(17)11(13)3/h8-10H,5-7,17H2,1-4H3. The number of carbonyl (C=O) groups is 1. The lowest BCUT2D eigenvalue weighted by Gasteiger charge is -2.29. The van der Waals surface area contributed by atoms with Gasteiger partial charge in [-0.05, 0) is 38.0 Å². The van der Waals surface area contributed by atoms with Crippen LogP contribution in [0.2, 0.25) is 0 Å². The fourth-order valence-electron chi connectivity index (χ4n) is 2.01. The fourth-order valence-corrected chi connectivity index (χ4v) is 2.48. The van der Waals surface area contributed by atoms with Crippen LogP contribution in [0.4, 0.5) is 5.69 Å². The molecule has 20 heavy (non-hydrogen) atoms. The molecule has 0 aromatic heterocycles. The predicted molar refractivity (Wildman–Crippen MR) is 86.0 cm³/mol. The summed E-state index contributed by atoms with van der Waals surface area (Å²) in [4.78, 5) is 14.6. The van der Waals surface area contributed by atoms with E-state index in [1.165, 1.54) is 0 Å². The highest BCUT2D eigenvalue weighted by molar-refractivity contribution is 9.10. The number of halogens is 1. The van der Waals surface area contributed by atoms with E-state index < -0.39 is 0 Å². The average molecular weight is 343 g/mol. The monoisotopic (exact) mass is 342 g/mol. The summed E-state index contributed by atoms with van der Waals surface area (Å²) >= 11 is 3.40. The van der Waals surface area contributed by atoms with E-state index >= 15 is 0 Å². The molecule has 1 aromatic rings. The zero-order valence-electron chi connectivity index (χ0n) is 12.6. The molecule has 0 fully saturated rings. The lowest BCUT2D eigenvalue weighted by Crippen LogP contribution is -2.40. The quantitative estimate of drug-likeness (QED) is 0.807. The second-order valence-corrected chi connectivity index (χ2v) is 5.83. The summed E-state index contributed by atoms with van der Waals surface area (Å²) in [6.45, 7) is 7.10. The highest BCUT2D eigenvalue weighted by Crippen LogP contribution is 2.24. The van der Waals surface area contributed by atoms with Gasteiger partial charge in [-0.1, -0.05) is 22.9 Å². The van der Waals surface area contributed by atoms with Crippen LogP contribution in [0.3, 0.4) is 0 Å². The maximum Gasteiger partial charge on any atom is 0.254 e. The van der Waals surface area contributed by atoms with Crippen molar-refractivity contribution in [2.45, 2.75) is 33.2 Å². The minimum absolute atomic E-state index is 0.00176. The minimum atomic E-state index is 0.00176. The molecule has 112 valence electrons. The van der Waals surface area contributed by atoms with E-state index in [1.807, 2.05) is 30.9 Å². The van der Waals surface area contributed by atoms with Gasteiger partial charge in [-0.3, -0.25) is 4.79 Å². The molecule has 0 aliphatic heterocycles. The second kappa shape index (κ2) is 7.64. The Kier molecular flexibility index (Phi) is 6.49. The SMILES string of the molecule is CCC(C)N(CCOC)C(=O)c1cc(Br)cc(N)c1C. The van der Waals surface area contributed by atoms with Crippen molar-refractivity contribution < 1.29 is 9.53 Å². The van der Waals surface area contributed by atoms with E-state index in [-0.39, 0.29) is 11.9 Å². The molecule has 1 atom stereocenters. The number of amides is 1. The summed E-state index contributed by atoms with van der Waals surface area (Å²) in [7, 11) is 1.64. The summed E-state index contributed by atoms with van der Waals surface area (Å²) in [5, 5.41) is 0. The summed E-state index contributed by atoms with van der Waals surface area (Å²) in [5.41, 5.74) is 8.04. The third kappa shape index (κ3) is 3.96. The van der Waals surface area contributed by atoms with Crippen LogP contribution in [0.1, 0.15) is 36.2 Å². The first-order valence-electron chi connectivity index (χ1n) is 6.77. The molecular formula is C15H23BrN2O2. The van der Waals surface area contributed by atoms with Crippen molar-refractivity contribution in [2.75, 3.05) is 26.0 Å². The van der Waals surface area contributed by atoms with Crippen molar-refractivity contribution >= 4 is 27.5 Å². The lowest BCUT2D eigenvalue weighted by molar-refractivity contribution is 0.0613. The number of nitrogen functional groups attached to an aromatic ring is 1. The largest absolute Gasteiger partial charge is 0.398 e. The maximum atomic E-state index is 12.8. The molecule has 0 aliphatic rings. The van der Waals surface area contributed by atoms with Gasteiger partial charge >= 0.3 is 0 Å². The van der Waals surface area contributed by atoms with Crippen LogP contribution >= 0.6 is 15.9 Å². The van der Waals surface area contributed by atoms with E-state index in [1.54, 1.807) is 7.11 Å². The third-order valence-corrected chi connectivity index (χ3v) is 4.02. The second-order valence-electron chi connectivity index (χ2n) is 4.92. The van der Waals surface area contributed by atoms with E-state index in [4.69, 9.17) is 10.5 Å². The Morgan fingerprint density at radius 1 is 1.50 bits per heavy atom. The van der Waals surface area contributed by atoms with Gasteiger partial charge in [0.1, 0.15) is 0 Å². The number of anilines is 1. The molecular weight excluding hydrogens is 320 g/mol. The normalized spacial score (nSPS) is 12.2. The van der Waals surface area contributed by atoms with Crippen LogP contribution in [-0.4, -0.2) is 37.1 Å². The summed E-state index contributed by atoms with van der Waals surface area (Å²) in [6, 6.07) is 3.81. The number of nitrogens with two attached hydrogens (primary N) is 1. The molecule has 0 radical (unpaired) electrons. The Morgan fingerprint density at radius 3 is 2.70 bits per heavy atom. The summed E-state index contributed by atoms with van der Waals surface area (Å²) in [5.74, 6) is 0.00176. The van der Waals surface area contributed by atoms with Gasteiger partial charge in [0.25, 0.3) is 5.91 Å². The third-order valence-electron chi connectivity index (χ3n) is 3.56. The van der Waals surface area contributed by atoms with Crippen LogP contribution in [0.25, 0.3) is 0 Å². The molecule has 0 saturated heterocycles. The number of hydrogen-bond acceptors (Lipinski definition) is 3. The first-order valence-corrected chi connectivity index (χ1v) is 7.57. The molecule has 4 nitrogen and oxygen atoms in total. The fraction of sp³-hybridized carbons (Fsp3) is 0.533. The number of ether oxygens (including phenoxy) is 1. The molecule has 0 saturated carbocycles. The molecule has 0 spiro atoms. The van der Waals surface area contributed by atoms with Crippen LogP contribution in [0, 0.1) is 6.92 Å². The highest BCUT2D eigenvalue weighted by atomic mass is 79.9. The Balaban J connectivity index is 3.11. The number of methoxy groups -OCH3 is 1. The van der Waals surface area contributed by atoms with Gasteiger partial charge in [-0.15, -0.1) is 0 Å². The minimum Gasteiger partial charge on any atom is -0.398 e. The summed E-state index contributed by atoms with van der Waals surface area (Å²) < 4.78 is 5.92. The van der Waals surface area contributed by atoms with Crippen LogP contribution in [0.15, 0.2) is 16.6 Å². The van der Waals surface area contributed by atoms with Crippen molar-refractivity contribution in [3.8, 4) is 0 Å². The van der Waals surface area contributed by atoms with Gasteiger partial charge in [-0.2, -0.15) is 0 Å². The number of carbonyl (C=O) groups excluding carboxylic acids is 1. The van der Waals surface area contributed by atoms with Gasteiger partial charge in [0.05, 0.1) is 6.61 Å². The molecule has 0 heterocycles. The Morgan fingerprint density at radius 2 is 2.15 bits per heavy atom. The molecule has 0 aliphatic carbocycles. The average Bonchev–Trinajstić information content (AvgIpc) is 2.42. The van der Waals surface area contributed by atoms with Crippen molar-refractivity contribution in [1.82, 2.24) is 4.90 Å². The molecule has 1 unspecified atom stereocenters. The van der Waals surface area contributed by atoms with Gasteiger partial charge in [0.2, 0.25) is 0 Å². The molecule has 1 rings (SSSR count). The Labute approximate surface area is 129 Å². The molecule has 0 bridgehead atoms. The zero-order chi connectivity index (χ0) is 15.3. The highest BCUT2D eigenvalue weighted by Gasteiger charge is 2.22. The van der Waals surface area contributed by atoms with Gasteiger partial charge in [0, 0.05) is 35.4 Å². The summed E-state index contributed by atoms with van der Waals surface area (Å²) in [6.07, 6.45) is 0.901. The van der Waals surface area contributed by atoms with E-state index in [0.717, 1.165) is 16.5 Å². The van der Waals surface area contributed by atoms with E-state index in [9.17, 15) is 4.79 Å². The maximum absolute atomic E-state index is 12.8. The molecule has 5 heteroatoms. The van der Waals surface area contributed by atoms with Crippen LogP contribution in [0.5, 0.6) is 0 Å². The van der Waals surface area contributed by atoms with Crippen molar-refractivity contribution in [1.29, 1.82) is 0 Å². The zero-order valence-corrected chi connectivity index (χ0v) is 14.2. The number of nitrogens with zero attached hydrogens (tertiary/aromatic N) is 1. The van der Waals surface area contributed by atoms with Crippen LogP contribution in [-0.2, 0) is 4.74 Å². The van der Waals surface area contributed by atoms with Crippen molar-refractivity contribution in [3.63, 3.8) is 0 Å². The van der Waals surface area contributed by atoms with E-state index in [0.29, 0.717) is 24.4 Å². The van der Waals surface area contributed by atoms with Gasteiger partial charge < -0.3 is 15.4 Å². The number of rotatable bonds is 6. The first-order chi connectivity index (χ1) is 9.42. The molecule has 2 N–H and O–H groups in total. The smallest absolute Gasteiger partial charge is 0.254 e. The van der Waals surface area contributed by atoms with E-state index in [2.05, 4.69) is 22.9 Å². The van der Waals surface area contributed by atoms with Crippen molar-refractivity contribution in [2.24, 2.45) is 0 Å². The Bertz CT molecular complexity index is 477. The Hall–Kier alpha value is -1.07. The molecule has 1 aromatic carbocycles. The van der Waals surface area contributed by atoms with Crippen LogP contribution < -0.4 is 5.73 Å². The lowest BCUT2D eigenvalue weighted by atomic mass is 10.0. The van der Waals surface area contributed by atoms with Gasteiger partial charge in [0.15, 0.2) is 0 Å². The topological polar surface area (TPSA) is 55.6 Å². The van der Waals surface area contributed by atoms with Gasteiger partial charge in [-0.25, -0.2) is 0 Å². The first kappa shape index (κ1) is 17.0.